The van der Waals surface area contributed by atoms with Gasteiger partial charge in [-0.1, -0.05) is 0 Å². The van der Waals surface area contributed by atoms with Crippen LogP contribution in [0.2, 0.25) is 13.1 Å². The van der Waals surface area contributed by atoms with Crippen molar-refractivity contribution < 1.29 is 24.9 Å². The molecular formula is C9H17Cl2OSiTi. The Kier molecular flexibility index (Phi) is 9.00. The van der Waals surface area contributed by atoms with E-state index in [1.165, 1.54) is 9.07 Å². The molecule has 1 rings (SSSR count). The van der Waals surface area contributed by atoms with E-state index in [4.69, 9.17) is 4.43 Å². The van der Waals surface area contributed by atoms with Gasteiger partial charge in [0.15, 0.2) is 0 Å². The molecule has 0 aromatic rings. The second-order valence-electron chi connectivity index (χ2n) is 3.44. The van der Waals surface area contributed by atoms with Crippen molar-refractivity contribution >= 4 is 33.1 Å². The van der Waals surface area contributed by atoms with Crippen molar-refractivity contribution in [2.75, 3.05) is 6.61 Å². The second-order valence-corrected chi connectivity index (χ2v) is 8.23. The van der Waals surface area contributed by atoms with E-state index in [2.05, 4.69) is 52.6 Å². The van der Waals surface area contributed by atoms with Crippen LogP contribution in [0.5, 0.6) is 0 Å². The Bertz CT molecular complexity index is 239. The molecule has 0 atom stereocenters. The molecule has 0 aromatic heterocycles. The number of hydrogen-bond donors (Lipinski definition) is 0. The molecule has 0 saturated heterocycles. The number of halogens is 2. The molecule has 0 bridgehead atoms. The first-order valence-electron chi connectivity index (χ1n) is 4.33. The maximum Gasteiger partial charge on any atom is -0.147 e. The molecule has 0 N–H and O–H groups in total. The van der Waals surface area contributed by atoms with Gasteiger partial charge in [0, 0.05) is 0 Å². The molecule has 1 nitrogen and oxygen atoms in total. The van der Waals surface area contributed by atoms with Gasteiger partial charge in [-0.25, -0.2) is 0 Å². The Morgan fingerprint density at radius 2 is 2.00 bits per heavy atom. The average Bonchev–Trinajstić information content (AvgIpc) is 2.35. The van der Waals surface area contributed by atoms with E-state index in [9.17, 15) is 0 Å². The summed E-state index contributed by atoms with van der Waals surface area (Å²) < 4.78 is 7.31. The molecule has 0 unspecified atom stereocenters. The normalized spacial score (nSPS) is 15.0. The summed E-state index contributed by atoms with van der Waals surface area (Å²) in [7, 11) is -1.54. The Hall–Kier alpha value is 0.951. The Morgan fingerprint density at radius 1 is 1.43 bits per heavy atom. The molecule has 0 heterocycles. The third-order valence-electron chi connectivity index (χ3n) is 2.09. The minimum Gasteiger partial charge on any atom is -0.147 e. The Morgan fingerprint density at radius 3 is 2.36 bits per heavy atom. The van der Waals surface area contributed by atoms with E-state index >= 15 is 0 Å². The fourth-order valence-electron chi connectivity index (χ4n) is 1.51. The molecule has 0 amide bonds. The fourth-order valence-corrected chi connectivity index (χ4v) is 5.46. The quantitative estimate of drug-likeness (QED) is 0.723. The SMILES string of the molecule is CCO[Si](C)(C)C1=[C]([Ti])CC=C1.Cl.Cl. The first-order valence-corrected chi connectivity index (χ1v) is 8.02. The molecule has 0 fully saturated rings. The van der Waals surface area contributed by atoms with Gasteiger partial charge in [0.2, 0.25) is 0 Å². The smallest absolute Gasteiger partial charge is 0.147 e. The number of allylic oxidation sites excluding steroid dienone is 4. The van der Waals surface area contributed by atoms with Crippen LogP contribution in [0.15, 0.2) is 21.2 Å². The average molecular weight is 288 g/mol. The maximum absolute atomic E-state index is 5.81. The predicted molar refractivity (Wildman–Crippen MR) is 64.4 cm³/mol. The van der Waals surface area contributed by atoms with Gasteiger partial charge in [-0.3, -0.25) is 0 Å². The second kappa shape index (κ2) is 7.26. The van der Waals surface area contributed by atoms with E-state index in [1.54, 1.807) is 0 Å². The van der Waals surface area contributed by atoms with Crippen molar-refractivity contribution in [2.24, 2.45) is 0 Å². The fraction of sp³-hybridized carbons (Fsp3) is 0.556. The van der Waals surface area contributed by atoms with Gasteiger partial charge in [0.1, 0.15) is 0 Å². The third kappa shape index (κ3) is 4.21. The van der Waals surface area contributed by atoms with Crippen molar-refractivity contribution in [3.8, 4) is 0 Å². The van der Waals surface area contributed by atoms with E-state index < -0.39 is 8.32 Å². The first-order chi connectivity index (χ1) is 5.58. The van der Waals surface area contributed by atoms with E-state index in [0.717, 1.165) is 13.0 Å². The largest absolute Gasteiger partial charge is 0.147 e. The van der Waals surface area contributed by atoms with Crippen molar-refractivity contribution in [2.45, 2.75) is 26.4 Å². The third-order valence-corrected chi connectivity index (χ3v) is 5.99. The molecule has 0 saturated carbocycles. The van der Waals surface area contributed by atoms with Gasteiger partial charge in [-0.05, 0) is 0 Å². The van der Waals surface area contributed by atoms with Crippen molar-refractivity contribution in [1.82, 2.24) is 0 Å². The molecular weight excluding hydrogens is 271 g/mol. The van der Waals surface area contributed by atoms with Crippen LogP contribution in [0.4, 0.5) is 0 Å². The van der Waals surface area contributed by atoms with Crippen LogP contribution in [-0.2, 0) is 24.9 Å². The van der Waals surface area contributed by atoms with Gasteiger partial charge >= 0.3 is 87.5 Å². The Balaban J connectivity index is 0. The van der Waals surface area contributed by atoms with Crippen molar-refractivity contribution in [3.05, 3.63) is 21.2 Å². The first kappa shape index (κ1) is 17.3. The summed E-state index contributed by atoms with van der Waals surface area (Å²) in [5.74, 6) is 0. The minimum absolute atomic E-state index is 0. The topological polar surface area (TPSA) is 9.23 Å². The molecule has 0 radical (unpaired) electrons. The van der Waals surface area contributed by atoms with Crippen molar-refractivity contribution in [3.63, 3.8) is 0 Å². The van der Waals surface area contributed by atoms with Crippen LogP contribution in [0.1, 0.15) is 13.3 Å². The molecule has 0 spiro atoms. The van der Waals surface area contributed by atoms with E-state index in [0.29, 0.717) is 0 Å². The van der Waals surface area contributed by atoms with E-state index in [1.807, 2.05) is 0 Å². The molecule has 1 aliphatic rings. The zero-order valence-corrected chi connectivity index (χ0v) is 13.0. The van der Waals surface area contributed by atoms with Gasteiger partial charge in [0.05, 0.1) is 0 Å². The van der Waals surface area contributed by atoms with Crippen LogP contribution in [0, 0.1) is 0 Å². The van der Waals surface area contributed by atoms with Crippen LogP contribution in [0.25, 0.3) is 0 Å². The summed E-state index contributed by atoms with van der Waals surface area (Å²) in [4.78, 5) is 0. The summed E-state index contributed by atoms with van der Waals surface area (Å²) >= 11 is 2.21. The minimum atomic E-state index is -1.54. The monoisotopic (exact) mass is 287 g/mol. The number of rotatable bonds is 3. The molecule has 0 aliphatic heterocycles. The van der Waals surface area contributed by atoms with Crippen molar-refractivity contribution in [1.29, 1.82) is 0 Å². The molecule has 81 valence electrons. The van der Waals surface area contributed by atoms with E-state index in [-0.39, 0.29) is 24.8 Å². The molecule has 14 heavy (non-hydrogen) atoms. The van der Waals surface area contributed by atoms with Crippen LogP contribution < -0.4 is 0 Å². The van der Waals surface area contributed by atoms with Crippen LogP contribution in [0.3, 0.4) is 0 Å². The van der Waals surface area contributed by atoms with Gasteiger partial charge in [-0.2, -0.15) is 0 Å². The molecule has 1 aliphatic carbocycles. The maximum atomic E-state index is 5.81. The number of hydrogen-bond acceptors (Lipinski definition) is 1. The molecule has 5 heteroatoms. The van der Waals surface area contributed by atoms with Gasteiger partial charge in [-0.15, -0.1) is 24.8 Å². The Labute approximate surface area is 112 Å². The molecule has 0 aromatic carbocycles. The van der Waals surface area contributed by atoms with Crippen LogP contribution in [-0.4, -0.2) is 14.9 Å². The summed E-state index contributed by atoms with van der Waals surface area (Å²) in [5, 5.41) is 1.49. The summed E-state index contributed by atoms with van der Waals surface area (Å²) in [6.45, 7) is 7.45. The predicted octanol–water partition coefficient (Wildman–Crippen LogP) is 3.37. The zero-order chi connectivity index (χ0) is 9.19. The summed E-state index contributed by atoms with van der Waals surface area (Å²) in [5.41, 5.74) is 0. The zero-order valence-electron chi connectivity index (χ0n) is 8.79. The van der Waals surface area contributed by atoms with Gasteiger partial charge < -0.3 is 0 Å². The summed E-state index contributed by atoms with van der Waals surface area (Å²) in [6, 6.07) is 0. The standard InChI is InChI=1S/C9H15OSi.2ClH.Ti/c1-4-10-11(2,3)9-7-5-6-8-9;;;/h5,7H,4,6H2,1-3H3;2*1H;. The van der Waals surface area contributed by atoms with Crippen LogP contribution >= 0.6 is 24.8 Å². The van der Waals surface area contributed by atoms with Gasteiger partial charge in [0.25, 0.3) is 0 Å². The summed E-state index contributed by atoms with van der Waals surface area (Å²) in [6.07, 6.45) is 5.61.